The number of ketones is 1. The van der Waals surface area contributed by atoms with E-state index in [1.54, 1.807) is 30.3 Å². The van der Waals surface area contributed by atoms with Gasteiger partial charge in [-0.25, -0.2) is 0 Å². The van der Waals surface area contributed by atoms with Crippen molar-refractivity contribution in [3.63, 3.8) is 0 Å². The second-order valence-corrected chi connectivity index (χ2v) is 4.68. The van der Waals surface area contributed by atoms with E-state index in [-0.39, 0.29) is 5.78 Å². The second-order valence-electron chi connectivity index (χ2n) is 4.27. The molecule has 2 rings (SSSR count). The lowest BCUT2D eigenvalue weighted by Crippen LogP contribution is -2.05. The molecule has 0 atom stereocenters. The Kier molecular flexibility index (Phi) is 3.76. The van der Waals surface area contributed by atoms with Gasteiger partial charge in [-0.2, -0.15) is 0 Å². The van der Waals surface area contributed by atoms with Crippen LogP contribution in [0.1, 0.15) is 21.5 Å². The molecule has 3 nitrogen and oxygen atoms in total. The summed E-state index contributed by atoms with van der Waals surface area (Å²) in [7, 11) is 1.54. The largest absolute Gasteiger partial charge is 0.496 e. The van der Waals surface area contributed by atoms with E-state index >= 15 is 0 Å². The van der Waals surface area contributed by atoms with Gasteiger partial charge in [0.2, 0.25) is 0 Å². The van der Waals surface area contributed by atoms with Gasteiger partial charge in [-0.3, -0.25) is 4.79 Å². The van der Waals surface area contributed by atoms with Crippen LogP contribution in [0.2, 0.25) is 5.02 Å². The number of ether oxygens (including phenoxy) is 1. The highest BCUT2D eigenvalue weighted by molar-refractivity contribution is 6.33. The fourth-order valence-electron chi connectivity index (χ4n) is 1.82. The zero-order chi connectivity index (χ0) is 14.0. The number of nitrogens with two attached hydrogens (primary N) is 1. The minimum atomic E-state index is -0.137. The molecule has 0 bridgehead atoms. The lowest BCUT2D eigenvalue weighted by atomic mass is 10.0. The highest BCUT2D eigenvalue weighted by atomic mass is 35.5. The van der Waals surface area contributed by atoms with Crippen LogP contribution in [0, 0.1) is 6.92 Å². The van der Waals surface area contributed by atoms with Gasteiger partial charge in [-0.05, 0) is 37.3 Å². The molecule has 0 saturated carbocycles. The van der Waals surface area contributed by atoms with Crippen LogP contribution in [0.25, 0.3) is 0 Å². The van der Waals surface area contributed by atoms with Crippen LogP contribution in [0.3, 0.4) is 0 Å². The summed E-state index contributed by atoms with van der Waals surface area (Å²) in [6, 6.07) is 10.3. The van der Waals surface area contributed by atoms with Gasteiger partial charge in [0.25, 0.3) is 0 Å². The maximum atomic E-state index is 12.5. The molecule has 0 aliphatic carbocycles. The monoisotopic (exact) mass is 275 g/mol. The van der Waals surface area contributed by atoms with Crippen LogP contribution in [0.4, 0.5) is 5.69 Å². The molecule has 0 aromatic heterocycles. The maximum Gasteiger partial charge on any atom is 0.196 e. The standard InChI is InChI=1S/C15H14ClNO2/c1-9-3-6-14(19-2)11(7-9)15(18)10-4-5-13(17)12(16)8-10/h3-8H,17H2,1-2H3. The lowest BCUT2D eigenvalue weighted by molar-refractivity contribution is 0.103. The number of hydrogen-bond donors (Lipinski definition) is 1. The molecular formula is C15H14ClNO2. The summed E-state index contributed by atoms with van der Waals surface area (Å²) >= 11 is 5.94. The molecule has 2 N–H and O–H groups in total. The molecule has 0 amide bonds. The highest BCUT2D eigenvalue weighted by Gasteiger charge is 2.15. The lowest BCUT2D eigenvalue weighted by Gasteiger charge is -2.09. The summed E-state index contributed by atoms with van der Waals surface area (Å²) < 4.78 is 5.22. The Morgan fingerprint density at radius 1 is 1.21 bits per heavy atom. The molecule has 0 radical (unpaired) electrons. The summed E-state index contributed by atoms with van der Waals surface area (Å²) in [5, 5.41) is 0.373. The number of anilines is 1. The number of nitrogen functional groups attached to an aromatic ring is 1. The number of carbonyl (C=O) groups is 1. The zero-order valence-corrected chi connectivity index (χ0v) is 11.5. The number of methoxy groups -OCH3 is 1. The van der Waals surface area contributed by atoms with Gasteiger partial charge in [0.1, 0.15) is 5.75 Å². The first kappa shape index (κ1) is 13.4. The minimum Gasteiger partial charge on any atom is -0.496 e. The molecule has 0 aliphatic rings. The van der Waals surface area contributed by atoms with Crippen molar-refractivity contribution in [3.05, 3.63) is 58.1 Å². The van der Waals surface area contributed by atoms with E-state index in [2.05, 4.69) is 0 Å². The van der Waals surface area contributed by atoms with Gasteiger partial charge in [-0.1, -0.05) is 23.2 Å². The number of hydrogen-bond acceptors (Lipinski definition) is 3. The quantitative estimate of drug-likeness (QED) is 0.689. The molecular weight excluding hydrogens is 262 g/mol. The van der Waals surface area contributed by atoms with Crippen molar-refractivity contribution < 1.29 is 9.53 Å². The molecule has 4 heteroatoms. The van der Waals surface area contributed by atoms with Crippen LogP contribution in [-0.2, 0) is 0 Å². The first-order valence-corrected chi connectivity index (χ1v) is 6.15. The molecule has 98 valence electrons. The third kappa shape index (κ3) is 2.71. The Morgan fingerprint density at radius 3 is 2.58 bits per heavy atom. The fourth-order valence-corrected chi connectivity index (χ4v) is 2.00. The van der Waals surface area contributed by atoms with Crippen LogP contribution >= 0.6 is 11.6 Å². The van der Waals surface area contributed by atoms with Gasteiger partial charge >= 0.3 is 0 Å². The van der Waals surface area contributed by atoms with Crippen molar-refractivity contribution in [1.82, 2.24) is 0 Å². The normalized spacial score (nSPS) is 10.3. The topological polar surface area (TPSA) is 52.3 Å². The predicted octanol–water partition coefficient (Wildman–Crippen LogP) is 3.47. The van der Waals surface area contributed by atoms with Crippen LogP contribution in [-0.4, -0.2) is 12.9 Å². The van der Waals surface area contributed by atoms with Crippen molar-refractivity contribution in [2.75, 3.05) is 12.8 Å². The molecule has 0 aliphatic heterocycles. The molecule has 19 heavy (non-hydrogen) atoms. The Hall–Kier alpha value is -2.00. The first-order chi connectivity index (χ1) is 9.02. The molecule has 0 heterocycles. The van der Waals surface area contributed by atoms with Crippen molar-refractivity contribution in [3.8, 4) is 5.75 Å². The summed E-state index contributed by atoms with van der Waals surface area (Å²) in [4.78, 5) is 12.5. The van der Waals surface area contributed by atoms with E-state index in [0.717, 1.165) is 5.56 Å². The summed E-state index contributed by atoms with van der Waals surface area (Å²) in [6.07, 6.45) is 0. The molecule has 2 aromatic rings. The summed E-state index contributed by atoms with van der Waals surface area (Å²) in [5.41, 5.74) is 8.09. The zero-order valence-electron chi connectivity index (χ0n) is 10.7. The first-order valence-electron chi connectivity index (χ1n) is 5.77. The van der Waals surface area contributed by atoms with E-state index in [1.165, 1.54) is 7.11 Å². The Balaban J connectivity index is 2.49. The summed E-state index contributed by atoms with van der Waals surface area (Å²) in [6.45, 7) is 1.92. The third-order valence-corrected chi connectivity index (χ3v) is 3.19. The van der Waals surface area contributed by atoms with Gasteiger partial charge < -0.3 is 10.5 Å². The van der Waals surface area contributed by atoms with Gasteiger partial charge in [0.05, 0.1) is 23.4 Å². The number of rotatable bonds is 3. The van der Waals surface area contributed by atoms with Crippen LogP contribution < -0.4 is 10.5 Å². The minimum absolute atomic E-state index is 0.137. The van der Waals surface area contributed by atoms with Gasteiger partial charge in [0.15, 0.2) is 5.78 Å². The smallest absolute Gasteiger partial charge is 0.196 e. The molecule has 0 saturated heterocycles. The molecule has 2 aromatic carbocycles. The highest BCUT2D eigenvalue weighted by Crippen LogP contribution is 2.26. The van der Waals surface area contributed by atoms with E-state index in [4.69, 9.17) is 22.1 Å². The SMILES string of the molecule is COc1ccc(C)cc1C(=O)c1ccc(N)c(Cl)c1. The Labute approximate surface area is 117 Å². The van der Waals surface area contributed by atoms with Crippen molar-refractivity contribution in [2.24, 2.45) is 0 Å². The van der Waals surface area contributed by atoms with E-state index in [1.807, 2.05) is 13.0 Å². The van der Waals surface area contributed by atoms with Crippen LogP contribution in [0.15, 0.2) is 36.4 Å². The average Bonchev–Trinajstić information content (AvgIpc) is 2.41. The van der Waals surface area contributed by atoms with Crippen molar-refractivity contribution >= 4 is 23.1 Å². The maximum absolute atomic E-state index is 12.5. The Bertz CT molecular complexity index is 638. The molecule has 0 fully saturated rings. The van der Waals surface area contributed by atoms with E-state index < -0.39 is 0 Å². The van der Waals surface area contributed by atoms with E-state index in [0.29, 0.717) is 27.6 Å². The van der Waals surface area contributed by atoms with Gasteiger partial charge in [-0.15, -0.1) is 0 Å². The molecule has 0 unspecified atom stereocenters. The number of aryl methyl sites for hydroxylation is 1. The van der Waals surface area contributed by atoms with Crippen molar-refractivity contribution in [2.45, 2.75) is 6.92 Å². The second kappa shape index (κ2) is 5.33. The molecule has 0 spiro atoms. The predicted molar refractivity (Wildman–Crippen MR) is 77.0 cm³/mol. The number of benzene rings is 2. The Morgan fingerprint density at radius 2 is 1.95 bits per heavy atom. The van der Waals surface area contributed by atoms with Gasteiger partial charge in [0, 0.05) is 5.56 Å². The number of halogens is 1. The van der Waals surface area contributed by atoms with Crippen molar-refractivity contribution in [1.29, 1.82) is 0 Å². The van der Waals surface area contributed by atoms with Crippen LogP contribution in [0.5, 0.6) is 5.75 Å². The summed E-state index contributed by atoms with van der Waals surface area (Å²) in [5.74, 6) is 0.408. The fraction of sp³-hybridized carbons (Fsp3) is 0.133. The van der Waals surface area contributed by atoms with E-state index in [9.17, 15) is 4.79 Å². The third-order valence-electron chi connectivity index (χ3n) is 2.86. The average molecular weight is 276 g/mol. The number of carbonyl (C=O) groups excluding carboxylic acids is 1.